The highest BCUT2D eigenvalue weighted by Crippen LogP contribution is 2.42. The quantitative estimate of drug-likeness (QED) is 0.146. The molecule has 0 amide bonds. The molecule has 0 N–H and O–H groups in total. The van der Waals surface area contributed by atoms with Crippen molar-refractivity contribution in [2.24, 2.45) is 59.9 Å². The number of hydrogen-bond donors (Lipinski definition) is 0. The van der Waals surface area contributed by atoms with Gasteiger partial charge in [0, 0.05) is 112 Å². The summed E-state index contributed by atoms with van der Waals surface area (Å²) in [5.74, 6) is 7.96. The Balaban J connectivity index is 0.000000191. The van der Waals surface area contributed by atoms with Gasteiger partial charge < -0.3 is 0 Å². The van der Waals surface area contributed by atoms with E-state index in [2.05, 4.69) is 76.8 Å². The molecule has 102 heavy (non-hydrogen) atoms. The number of rotatable bonds is 0. The second-order valence-electron chi connectivity index (χ2n) is 20.6. The van der Waals surface area contributed by atoms with Crippen molar-refractivity contribution < 1.29 is 0 Å². The van der Waals surface area contributed by atoms with Gasteiger partial charge in [-0.1, -0.05) is 284 Å². The summed E-state index contributed by atoms with van der Waals surface area (Å²) in [5, 5.41) is 8.26. The van der Waals surface area contributed by atoms with Gasteiger partial charge in [0.15, 0.2) is 46.7 Å². The molecule has 18 heteroatoms. The third-order valence-electron chi connectivity index (χ3n) is 16.2. The van der Waals surface area contributed by atoms with E-state index in [1.807, 2.05) is 248 Å². The van der Waals surface area contributed by atoms with Crippen molar-refractivity contribution in [3.63, 3.8) is 0 Å². The van der Waals surface area contributed by atoms with Crippen LogP contribution in [0.2, 0.25) is 0 Å². The van der Waals surface area contributed by atoms with Crippen LogP contribution in [-0.4, -0.2) is 74.9 Å². The molecule has 0 aliphatic carbocycles. The average Bonchev–Trinajstić information content (AvgIpc) is 1.57. The summed E-state index contributed by atoms with van der Waals surface area (Å²) in [5.41, 5.74) is 10.5. The minimum Gasteiger partial charge on any atom is -0.291 e. The fraction of sp³-hybridized carbons (Fsp3) is 0.262. The minimum atomic E-state index is 0.498. The van der Waals surface area contributed by atoms with Crippen LogP contribution < -0.4 is 22.0 Å². The number of fused-ring (bicyclic) bond motifs is 28. The van der Waals surface area contributed by atoms with E-state index in [0.29, 0.717) is 60.0 Å². The van der Waals surface area contributed by atoms with E-state index in [9.17, 15) is 0 Å². The van der Waals surface area contributed by atoms with Gasteiger partial charge in [-0.3, -0.25) is 28.2 Å². The van der Waals surface area contributed by atoms with Crippen molar-refractivity contribution in [3.8, 4) is 0 Å². The molecule has 0 saturated carbocycles. The predicted molar refractivity (Wildman–Crippen MR) is 429 cm³/mol. The summed E-state index contributed by atoms with van der Waals surface area (Å²) in [6.45, 7) is 41.0. The van der Waals surface area contributed by atoms with Crippen LogP contribution >= 0.6 is 0 Å². The maximum atomic E-state index is 5.26. The van der Waals surface area contributed by atoms with E-state index in [1.54, 1.807) is 24.8 Å². The van der Waals surface area contributed by atoms with Gasteiger partial charge in [0.2, 0.25) is 0 Å². The van der Waals surface area contributed by atoms with E-state index in [0.717, 1.165) is 133 Å². The Morgan fingerprint density at radius 1 is 0.196 bits per heavy atom. The predicted octanol–water partition coefficient (Wildman–Crippen LogP) is 19.1. The summed E-state index contributed by atoms with van der Waals surface area (Å²) in [6, 6.07) is 53.1. The summed E-state index contributed by atoms with van der Waals surface area (Å²) >= 11 is 0. The number of amidine groups is 8. The van der Waals surface area contributed by atoms with Gasteiger partial charge in [-0.2, -0.15) is 0 Å². The Bertz CT molecular complexity index is 5250. The first kappa shape index (κ1) is 74.6. The number of pyridine rings is 2. The first-order valence-corrected chi connectivity index (χ1v) is 36.7. The van der Waals surface area contributed by atoms with Crippen molar-refractivity contribution in [2.45, 2.75) is 152 Å². The third-order valence-corrected chi connectivity index (χ3v) is 16.2. The number of nitrogens with zero attached hydrogens (tertiary/aromatic N) is 18. The molecule has 0 atom stereocenters. The number of benzene rings is 6. The molecular formula is C84H94N18. The molecule has 0 fully saturated rings. The summed E-state index contributed by atoms with van der Waals surface area (Å²) in [4.78, 5) is 69.8. The fourth-order valence-corrected chi connectivity index (χ4v) is 12.5. The zero-order chi connectivity index (χ0) is 73.3. The lowest BCUT2D eigenvalue weighted by atomic mass is 10.1. The lowest BCUT2D eigenvalue weighted by Gasteiger charge is -2.15. The normalized spacial score (nSPS) is 13.2. The van der Waals surface area contributed by atoms with Crippen LogP contribution in [0.15, 0.2) is 242 Å². The molecule has 12 bridgehead atoms. The van der Waals surface area contributed by atoms with Gasteiger partial charge in [0.25, 0.3) is 0 Å². The highest BCUT2D eigenvalue weighted by atomic mass is 15.3. The van der Waals surface area contributed by atoms with Gasteiger partial charge >= 0.3 is 0 Å². The zero-order valence-corrected chi connectivity index (χ0v) is 62.8. The maximum Gasteiger partial charge on any atom is 0.166 e. The molecule has 0 radical (unpaired) electrons. The summed E-state index contributed by atoms with van der Waals surface area (Å²) in [6.07, 6.45) is 7.11. The van der Waals surface area contributed by atoms with Gasteiger partial charge in [0.1, 0.15) is 58.6 Å². The maximum absolute atomic E-state index is 5.26. The van der Waals surface area contributed by atoms with Crippen molar-refractivity contribution in [1.29, 1.82) is 0 Å². The van der Waals surface area contributed by atoms with Gasteiger partial charge in [-0.05, 0) is 12.1 Å². The van der Waals surface area contributed by atoms with Gasteiger partial charge in [-0.15, -0.1) is 0 Å². The zero-order valence-electron chi connectivity index (χ0n) is 62.8. The third kappa shape index (κ3) is 12.9. The molecule has 6 aromatic carbocycles. The van der Waals surface area contributed by atoms with Crippen LogP contribution in [0.1, 0.15) is 183 Å². The molecule has 0 unspecified atom stereocenters. The molecule has 20 rings (SSSR count). The Kier molecular flexibility index (Phi) is 25.2. The second-order valence-corrected chi connectivity index (χ2v) is 20.6. The molecule has 6 aromatic heterocycles. The molecule has 520 valence electrons. The monoisotopic (exact) mass is 1350 g/mol. The summed E-state index contributed by atoms with van der Waals surface area (Å²) in [7, 11) is 0. The van der Waals surface area contributed by atoms with E-state index in [1.165, 1.54) is 0 Å². The van der Waals surface area contributed by atoms with E-state index in [4.69, 9.17) is 59.9 Å². The second kappa shape index (κ2) is 34.4. The molecule has 8 aliphatic rings. The van der Waals surface area contributed by atoms with E-state index in [-0.39, 0.29) is 0 Å². The van der Waals surface area contributed by atoms with E-state index >= 15 is 0 Å². The van der Waals surface area contributed by atoms with Crippen molar-refractivity contribution in [3.05, 3.63) is 249 Å². The molecule has 18 nitrogen and oxygen atoms in total. The molecule has 12 aromatic rings. The number of aromatic nitrogens is 6. The molecule has 0 saturated heterocycles. The van der Waals surface area contributed by atoms with Crippen LogP contribution in [0, 0.1) is 0 Å². The van der Waals surface area contributed by atoms with Crippen LogP contribution in [0.25, 0.3) is 43.1 Å². The lowest BCUT2D eigenvalue weighted by molar-refractivity contribution is 0.561. The van der Waals surface area contributed by atoms with Crippen molar-refractivity contribution >= 4 is 113 Å². The number of hydrogen-bond acceptors (Lipinski definition) is 14. The SMILES string of the molecule is CC.CC.CC.CC.CC.CC.CC.CC.CC.CC.c1ccc2c(c1)C1=NC3=NC(=Nc4c5ccccc5c5n4Cn4c(c6ccccc6c4=N5)=NC2=N1)c1ccncc13.c1ccc2c(c1)C1=NC3=NC(=Nc4c5ccccc5c5n4Cn4c(c6ccccc6c4=N5)=NC2=N1)c1ccncc13. The fourth-order valence-electron chi connectivity index (χ4n) is 12.5. The standard InChI is InChI=1S/2C32H17N9.10C2H6/c2*1-2-8-18-17(7-1)25-34-26(18)37-29-20-9-3-5-11-22(20)31-39-32-23-12-6-4-10-21(23)30(41(32)16-40(29)31)38-27-19-13-14-33-15-24(19)28(35-25)36-27;10*1-2/h2*1-15H,16H2;10*1-2H3. The molecule has 0 spiro atoms. The molecular weight excluding hydrogens is 1260 g/mol. The van der Waals surface area contributed by atoms with Crippen LogP contribution in [-0.2, 0) is 13.3 Å². The van der Waals surface area contributed by atoms with Crippen molar-refractivity contribution in [2.75, 3.05) is 0 Å². The van der Waals surface area contributed by atoms with Crippen molar-refractivity contribution in [1.82, 2.24) is 28.2 Å². The Morgan fingerprint density at radius 2 is 0.402 bits per heavy atom. The average molecular weight is 1360 g/mol. The smallest absolute Gasteiger partial charge is 0.166 e. The molecule has 8 aliphatic heterocycles. The molecule has 14 heterocycles. The topological polar surface area (TPSA) is 194 Å². The first-order valence-electron chi connectivity index (χ1n) is 36.7. The Morgan fingerprint density at radius 3 is 0.686 bits per heavy atom. The lowest BCUT2D eigenvalue weighted by Crippen LogP contribution is -2.33. The van der Waals surface area contributed by atoms with Crippen LogP contribution in [0.3, 0.4) is 0 Å². The Hall–Kier alpha value is -11.7. The number of aliphatic imine (C=N–C) groups is 8. The van der Waals surface area contributed by atoms with Crippen LogP contribution in [0.5, 0.6) is 0 Å². The largest absolute Gasteiger partial charge is 0.291 e. The first-order chi connectivity index (χ1) is 50.6. The van der Waals surface area contributed by atoms with Crippen LogP contribution in [0.4, 0.5) is 23.3 Å². The Labute approximate surface area is 598 Å². The van der Waals surface area contributed by atoms with Gasteiger partial charge in [0.05, 0.1) is 0 Å². The highest BCUT2D eigenvalue weighted by Gasteiger charge is 2.32. The summed E-state index contributed by atoms with van der Waals surface area (Å²) < 4.78 is 8.63. The van der Waals surface area contributed by atoms with E-state index < -0.39 is 0 Å². The highest BCUT2D eigenvalue weighted by molar-refractivity contribution is 6.31. The van der Waals surface area contributed by atoms with Gasteiger partial charge in [-0.25, -0.2) is 59.9 Å². The minimum absolute atomic E-state index is 0.498.